The lowest BCUT2D eigenvalue weighted by Crippen LogP contribution is -2.31. The van der Waals surface area contributed by atoms with Gasteiger partial charge in [0.2, 0.25) is 5.91 Å². The van der Waals surface area contributed by atoms with E-state index >= 15 is 0 Å². The molecule has 1 saturated carbocycles. The van der Waals surface area contributed by atoms with Gasteiger partial charge in [-0.1, -0.05) is 39.8 Å². The Morgan fingerprint density at radius 1 is 1.21 bits per heavy atom. The van der Waals surface area contributed by atoms with Crippen LogP contribution < -0.4 is 5.32 Å². The second-order valence-corrected chi connectivity index (χ2v) is 6.43. The highest BCUT2D eigenvalue weighted by Crippen LogP contribution is 2.62. The van der Waals surface area contributed by atoms with Crippen molar-refractivity contribution >= 4 is 5.91 Å². The van der Waals surface area contributed by atoms with Crippen molar-refractivity contribution in [2.75, 3.05) is 0 Å². The number of nitriles is 1. The second-order valence-electron chi connectivity index (χ2n) is 6.43. The Morgan fingerprint density at radius 2 is 1.74 bits per heavy atom. The first kappa shape index (κ1) is 13.6. The zero-order valence-electron chi connectivity index (χ0n) is 11.9. The van der Waals surface area contributed by atoms with Crippen molar-refractivity contribution in [2.24, 2.45) is 10.8 Å². The summed E-state index contributed by atoms with van der Waals surface area (Å²) >= 11 is 0. The molecule has 1 N–H and O–H groups in total. The maximum absolute atomic E-state index is 12.0. The van der Waals surface area contributed by atoms with Crippen LogP contribution in [0.15, 0.2) is 24.3 Å². The summed E-state index contributed by atoms with van der Waals surface area (Å²) in [4.78, 5) is 12.0. The highest BCUT2D eigenvalue weighted by Gasteiger charge is 2.65. The van der Waals surface area contributed by atoms with Gasteiger partial charge in [-0.15, -0.1) is 0 Å². The zero-order chi connectivity index (χ0) is 14.3. The predicted molar refractivity (Wildman–Crippen MR) is 74.4 cm³/mol. The molecule has 1 aromatic rings. The van der Waals surface area contributed by atoms with E-state index in [1.54, 1.807) is 12.1 Å². The van der Waals surface area contributed by atoms with Crippen LogP contribution in [0.1, 0.15) is 38.8 Å². The highest BCUT2D eigenvalue weighted by atomic mass is 16.1. The average Bonchev–Trinajstić information content (AvgIpc) is 2.73. The quantitative estimate of drug-likeness (QED) is 0.904. The van der Waals surface area contributed by atoms with Gasteiger partial charge in [-0.25, -0.2) is 0 Å². The van der Waals surface area contributed by atoms with E-state index in [0.717, 1.165) is 5.56 Å². The minimum Gasteiger partial charge on any atom is -0.352 e. The number of hydrogen-bond donors (Lipinski definition) is 1. The first-order chi connectivity index (χ1) is 8.79. The number of amides is 1. The predicted octanol–water partition coefficient (Wildman–Crippen LogP) is 2.65. The lowest BCUT2D eigenvalue weighted by molar-refractivity contribution is -0.120. The molecule has 100 valence electrons. The van der Waals surface area contributed by atoms with E-state index in [0.29, 0.717) is 12.0 Å². The van der Waals surface area contributed by atoms with Crippen molar-refractivity contribution in [3.63, 3.8) is 0 Å². The molecule has 19 heavy (non-hydrogen) atoms. The maximum atomic E-state index is 12.0. The first-order valence-electron chi connectivity index (χ1n) is 6.57. The molecule has 1 fully saturated rings. The normalized spacial score (nSPS) is 19.5. The summed E-state index contributed by atoms with van der Waals surface area (Å²) in [6, 6.07) is 9.47. The molecule has 1 amide bonds. The lowest BCUT2D eigenvalue weighted by Gasteiger charge is -2.07. The summed E-state index contributed by atoms with van der Waals surface area (Å²) in [5.74, 6) is 0.0494. The van der Waals surface area contributed by atoms with Gasteiger partial charge in [0, 0.05) is 6.04 Å². The molecule has 1 aliphatic rings. The molecule has 2 rings (SSSR count). The number of carbonyl (C=O) groups excluding carboxylic acids is 1. The Labute approximate surface area is 114 Å². The lowest BCUT2D eigenvalue weighted by atomic mass is 10.0. The summed E-state index contributed by atoms with van der Waals surface area (Å²) < 4.78 is 0. The van der Waals surface area contributed by atoms with E-state index in [9.17, 15) is 4.79 Å². The molecule has 3 nitrogen and oxygen atoms in total. The molecule has 0 radical (unpaired) electrons. The number of carbonyl (C=O) groups is 1. The van der Waals surface area contributed by atoms with Crippen LogP contribution in [0, 0.1) is 22.2 Å². The van der Waals surface area contributed by atoms with E-state index in [2.05, 4.69) is 39.1 Å². The zero-order valence-corrected chi connectivity index (χ0v) is 11.9. The van der Waals surface area contributed by atoms with Crippen LogP contribution in [-0.2, 0) is 11.2 Å². The van der Waals surface area contributed by atoms with Crippen LogP contribution in [-0.4, -0.2) is 11.9 Å². The molecule has 0 unspecified atom stereocenters. The highest BCUT2D eigenvalue weighted by molar-refractivity contribution is 5.79. The number of hydrogen-bond acceptors (Lipinski definition) is 2. The van der Waals surface area contributed by atoms with Crippen LogP contribution in [0.2, 0.25) is 0 Å². The molecule has 1 aromatic carbocycles. The molecule has 0 spiro atoms. The van der Waals surface area contributed by atoms with Gasteiger partial charge in [0.05, 0.1) is 18.1 Å². The van der Waals surface area contributed by atoms with Gasteiger partial charge in [0.1, 0.15) is 0 Å². The Hall–Kier alpha value is -1.82. The SMILES string of the molecule is CC1(C)C(NC(=O)Cc2ccc(C#N)cc2)C1(C)C. The Kier molecular flexibility index (Phi) is 3.14. The summed E-state index contributed by atoms with van der Waals surface area (Å²) in [6.45, 7) is 8.72. The fourth-order valence-corrected chi connectivity index (χ4v) is 2.65. The molecular weight excluding hydrogens is 236 g/mol. The fourth-order valence-electron chi connectivity index (χ4n) is 2.65. The van der Waals surface area contributed by atoms with E-state index in [1.807, 2.05) is 12.1 Å². The molecule has 1 aliphatic carbocycles. The van der Waals surface area contributed by atoms with Crippen molar-refractivity contribution in [2.45, 2.75) is 40.2 Å². The third-order valence-electron chi connectivity index (χ3n) is 4.77. The van der Waals surface area contributed by atoms with Gasteiger partial charge in [-0.05, 0) is 28.5 Å². The van der Waals surface area contributed by atoms with Crippen molar-refractivity contribution in [3.05, 3.63) is 35.4 Å². The van der Waals surface area contributed by atoms with Gasteiger partial charge < -0.3 is 5.32 Å². The largest absolute Gasteiger partial charge is 0.352 e. The van der Waals surface area contributed by atoms with E-state index in [-0.39, 0.29) is 22.8 Å². The van der Waals surface area contributed by atoms with Crippen LogP contribution in [0.4, 0.5) is 0 Å². The minimum absolute atomic E-state index is 0.0494. The molecule has 0 aliphatic heterocycles. The van der Waals surface area contributed by atoms with Gasteiger partial charge in [-0.3, -0.25) is 4.79 Å². The number of nitrogens with zero attached hydrogens (tertiary/aromatic N) is 1. The van der Waals surface area contributed by atoms with Gasteiger partial charge in [0.15, 0.2) is 0 Å². The standard InChI is InChI=1S/C16H20N2O/c1-15(2)14(16(15,3)4)18-13(19)9-11-5-7-12(10-17)8-6-11/h5-8,14H,9H2,1-4H3,(H,18,19). The number of nitrogens with one attached hydrogen (secondary N) is 1. The van der Waals surface area contributed by atoms with Crippen molar-refractivity contribution in [1.29, 1.82) is 5.26 Å². The third-order valence-corrected chi connectivity index (χ3v) is 4.77. The van der Waals surface area contributed by atoms with Crippen molar-refractivity contribution in [1.82, 2.24) is 5.32 Å². The number of benzene rings is 1. The topological polar surface area (TPSA) is 52.9 Å². The minimum atomic E-state index is 0.0494. The maximum Gasteiger partial charge on any atom is 0.224 e. The Morgan fingerprint density at radius 3 is 2.16 bits per heavy atom. The smallest absolute Gasteiger partial charge is 0.224 e. The molecule has 0 bridgehead atoms. The second kappa shape index (κ2) is 4.38. The van der Waals surface area contributed by atoms with Crippen molar-refractivity contribution < 1.29 is 4.79 Å². The molecule has 3 heteroatoms. The van der Waals surface area contributed by atoms with Gasteiger partial charge in [0.25, 0.3) is 0 Å². The summed E-state index contributed by atoms with van der Waals surface area (Å²) in [5.41, 5.74) is 1.88. The molecule has 0 heterocycles. The summed E-state index contributed by atoms with van der Waals surface area (Å²) in [7, 11) is 0. The first-order valence-corrected chi connectivity index (χ1v) is 6.57. The molecule has 0 atom stereocenters. The van der Waals surface area contributed by atoms with Crippen LogP contribution in [0.5, 0.6) is 0 Å². The Bertz CT molecular complexity index is 521. The van der Waals surface area contributed by atoms with Gasteiger partial charge in [-0.2, -0.15) is 5.26 Å². The fraction of sp³-hybridized carbons (Fsp3) is 0.500. The van der Waals surface area contributed by atoms with Crippen LogP contribution in [0.3, 0.4) is 0 Å². The Balaban J connectivity index is 1.94. The number of rotatable bonds is 3. The molecule has 0 saturated heterocycles. The van der Waals surface area contributed by atoms with Crippen LogP contribution >= 0.6 is 0 Å². The molecule has 0 aromatic heterocycles. The third kappa shape index (κ3) is 2.35. The van der Waals surface area contributed by atoms with Gasteiger partial charge >= 0.3 is 0 Å². The van der Waals surface area contributed by atoms with E-state index in [4.69, 9.17) is 5.26 Å². The monoisotopic (exact) mass is 256 g/mol. The summed E-state index contributed by atoms with van der Waals surface area (Å²) in [5, 5.41) is 11.8. The van der Waals surface area contributed by atoms with Crippen LogP contribution in [0.25, 0.3) is 0 Å². The van der Waals surface area contributed by atoms with E-state index < -0.39 is 0 Å². The summed E-state index contributed by atoms with van der Waals surface area (Å²) in [6.07, 6.45) is 0.369. The van der Waals surface area contributed by atoms with Crippen molar-refractivity contribution in [3.8, 4) is 6.07 Å². The van der Waals surface area contributed by atoms with E-state index in [1.165, 1.54) is 0 Å². The molecular formula is C16H20N2O. The average molecular weight is 256 g/mol.